The summed E-state index contributed by atoms with van der Waals surface area (Å²) in [6, 6.07) is 14.2. The molecule has 0 aliphatic heterocycles. The smallest absolute Gasteiger partial charge is 0.104 e. The summed E-state index contributed by atoms with van der Waals surface area (Å²) in [5, 5.41) is 10.5. The fourth-order valence-corrected chi connectivity index (χ4v) is 2.77. The van der Waals surface area contributed by atoms with Gasteiger partial charge in [-0.2, -0.15) is 0 Å². The highest BCUT2D eigenvalue weighted by molar-refractivity contribution is 9.10. The summed E-state index contributed by atoms with van der Waals surface area (Å²) in [5.74, 6) is 0. The molecule has 0 saturated carbocycles. The summed E-state index contributed by atoms with van der Waals surface area (Å²) in [6.45, 7) is 8.60. The largest absolute Gasteiger partial charge is 0.384 e. The second-order valence-corrected chi connectivity index (χ2v) is 7.19. The van der Waals surface area contributed by atoms with Gasteiger partial charge in [0.05, 0.1) is 0 Å². The van der Waals surface area contributed by atoms with Crippen LogP contribution in [0.1, 0.15) is 49.1 Å². The molecular formula is C18H21BrO. The van der Waals surface area contributed by atoms with E-state index >= 15 is 0 Å². The van der Waals surface area contributed by atoms with Crippen molar-refractivity contribution in [2.24, 2.45) is 0 Å². The monoisotopic (exact) mass is 332 g/mol. The fourth-order valence-electron chi connectivity index (χ4n) is 2.29. The maximum atomic E-state index is 10.5. The van der Waals surface area contributed by atoms with Crippen LogP contribution in [0, 0.1) is 6.92 Å². The van der Waals surface area contributed by atoms with Crippen LogP contribution in [0.5, 0.6) is 0 Å². The predicted octanol–water partition coefficient (Wildman–Crippen LogP) is 5.14. The van der Waals surface area contributed by atoms with Gasteiger partial charge in [0, 0.05) is 4.47 Å². The third kappa shape index (κ3) is 3.31. The van der Waals surface area contributed by atoms with E-state index < -0.39 is 6.10 Å². The van der Waals surface area contributed by atoms with Crippen LogP contribution in [0.25, 0.3) is 0 Å². The number of aliphatic hydroxyl groups excluding tert-OH is 1. The minimum Gasteiger partial charge on any atom is -0.384 e. The Labute approximate surface area is 129 Å². The number of rotatable bonds is 2. The van der Waals surface area contributed by atoms with Crippen molar-refractivity contribution in [3.63, 3.8) is 0 Å². The summed E-state index contributed by atoms with van der Waals surface area (Å²) >= 11 is 3.45. The van der Waals surface area contributed by atoms with E-state index in [9.17, 15) is 5.11 Å². The van der Waals surface area contributed by atoms with Crippen LogP contribution in [-0.2, 0) is 5.41 Å². The molecule has 0 aromatic heterocycles. The van der Waals surface area contributed by atoms with Gasteiger partial charge < -0.3 is 5.11 Å². The molecule has 0 spiro atoms. The number of benzene rings is 2. The van der Waals surface area contributed by atoms with Crippen LogP contribution in [0.3, 0.4) is 0 Å². The molecule has 0 aliphatic rings. The molecule has 0 radical (unpaired) electrons. The zero-order valence-corrected chi connectivity index (χ0v) is 14.0. The quantitative estimate of drug-likeness (QED) is 0.807. The van der Waals surface area contributed by atoms with E-state index in [1.807, 2.05) is 37.3 Å². The van der Waals surface area contributed by atoms with Gasteiger partial charge in [-0.25, -0.2) is 0 Å². The van der Waals surface area contributed by atoms with Gasteiger partial charge in [0.1, 0.15) is 6.10 Å². The summed E-state index contributed by atoms with van der Waals surface area (Å²) < 4.78 is 1.04. The molecule has 0 bridgehead atoms. The Kier molecular flexibility index (Phi) is 4.36. The summed E-state index contributed by atoms with van der Waals surface area (Å²) in [6.07, 6.45) is -0.572. The number of halogens is 1. The summed E-state index contributed by atoms with van der Waals surface area (Å²) in [7, 11) is 0. The summed E-state index contributed by atoms with van der Waals surface area (Å²) in [4.78, 5) is 0. The van der Waals surface area contributed by atoms with Crippen molar-refractivity contribution in [2.75, 3.05) is 0 Å². The standard InChI is InChI=1S/C18H21BrO/c1-12-11-15(19)9-10-16(12)17(20)13-5-7-14(8-6-13)18(2,3)4/h5-11,17,20H,1-4H3. The van der Waals surface area contributed by atoms with Crippen molar-refractivity contribution < 1.29 is 5.11 Å². The molecule has 106 valence electrons. The lowest BCUT2D eigenvalue weighted by Gasteiger charge is -2.20. The highest BCUT2D eigenvalue weighted by Crippen LogP contribution is 2.29. The van der Waals surface area contributed by atoms with Gasteiger partial charge in [0.2, 0.25) is 0 Å². The molecule has 2 rings (SSSR count). The van der Waals surface area contributed by atoms with E-state index in [2.05, 4.69) is 48.8 Å². The molecule has 0 fully saturated rings. The molecule has 0 aliphatic carbocycles. The van der Waals surface area contributed by atoms with E-state index in [0.717, 1.165) is 21.2 Å². The van der Waals surface area contributed by atoms with Crippen molar-refractivity contribution in [1.29, 1.82) is 0 Å². The molecular weight excluding hydrogens is 312 g/mol. The van der Waals surface area contributed by atoms with Crippen LogP contribution in [-0.4, -0.2) is 5.11 Å². The second kappa shape index (κ2) is 5.71. The normalized spacial score (nSPS) is 13.3. The highest BCUT2D eigenvalue weighted by atomic mass is 79.9. The Balaban J connectivity index is 2.31. The Morgan fingerprint density at radius 2 is 1.60 bits per heavy atom. The lowest BCUT2D eigenvalue weighted by molar-refractivity contribution is 0.219. The van der Waals surface area contributed by atoms with Crippen LogP contribution in [0.15, 0.2) is 46.9 Å². The van der Waals surface area contributed by atoms with E-state index in [1.54, 1.807) is 0 Å². The Bertz CT molecular complexity index is 594. The van der Waals surface area contributed by atoms with Gasteiger partial charge in [-0.15, -0.1) is 0 Å². The third-order valence-corrected chi connectivity index (χ3v) is 4.11. The molecule has 1 N–H and O–H groups in total. The minimum atomic E-state index is -0.572. The minimum absolute atomic E-state index is 0.136. The first-order valence-corrected chi connectivity index (χ1v) is 7.63. The molecule has 2 heteroatoms. The SMILES string of the molecule is Cc1cc(Br)ccc1C(O)c1ccc(C(C)(C)C)cc1. The van der Waals surface area contributed by atoms with Crippen LogP contribution in [0.4, 0.5) is 0 Å². The Hall–Kier alpha value is -1.12. The molecule has 2 aromatic rings. The van der Waals surface area contributed by atoms with Crippen molar-refractivity contribution in [3.05, 3.63) is 69.2 Å². The van der Waals surface area contributed by atoms with Gasteiger partial charge in [-0.05, 0) is 46.7 Å². The zero-order valence-electron chi connectivity index (χ0n) is 12.4. The highest BCUT2D eigenvalue weighted by Gasteiger charge is 2.16. The van der Waals surface area contributed by atoms with Crippen molar-refractivity contribution in [3.8, 4) is 0 Å². The zero-order chi connectivity index (χ0) is 14.9. The van der Waals surface area contributed by atoms with Gasteiger partial charge >= 0.3 is 0 Å². The fraction of sp³-hybridized carbons (Fsp3) is 0.333. The lowest BCUT2D eigenvalue weighted by atomic mass is 9.86. The van der Waals surface area contributed by atoms with Crippen molar-refractivity contribution in [2.45, 2.75) is 39.2 Å². The molecule has 0 saturated heterocycles. The number of hydrogen-bond acceptors (Lipinski definition) is 1. The van der Waals surface area contributed by atoms with Crippen molar-refractivity contribution in [1.82, 2.24) is 0 Å². The molecule has 2 aromatic carbocycles. The molecule has 0 heterocycles. The van der Waals surface area contributed by atoms with E-state index in [0.29, 0.717) is 0 Å². The van der Waals surface area contributed by atoms with E-state index in [-0.39, 0.29) is 5.41 Å². The van der Waals surface area contributed by atoms with Gasteiger partial charge in [-0.3, -0.25) is 0 Å². The number of hydrogen-bond donors (Lipinski definition) is 1. The maximum absolute atomic E-state index is 10.5. The summed E-state index contributed by atoms with van der Waals surface area (Å²) in [5.41, 5.74) is 4.39. The molecule has 0 amide bonds. The lowest BCUT2D eigenvalue weighted by Crippen LogP contribution is -2.11. The van der Waals surface area contributed by atoms with E-state index in [4.69, 9.17) is 0 Å². The van der Waals surface area contributed by atoms with Gasteiger partial charge in [0.25, 0.3) is 0 Å². The predicted molar refractivity (Wildman–Crippen MR) is 88.1 cm³/mol. The topological polar surface area (TPSA) is 20.2 Å². The van der Waals surface area contributed by atoms with E-state index in [1.165, 1.54) is 5.56 Å². The molecule has 1 atom stereocenters. The van der Waals surface area contributed by atoms with Crippen LogP contribution < -0.4 is 0 Å². The van der Waals surface area contributed by atoms with Gasteiger partial charge in [0.15, 0.2) is 0 Å². The van der Waals surface area contributed by atoms with Crippen molar-refractivity contribution >= 4 is 15.9 Å². The first-order valence-electron chi connectivity index (χ1n) is 6.83. The third-order valence-electron chi connectivity index (χ3n) is 3.62. The van der Waals surface area contributed by atoms with Crippen LogP contribution in [0.2, 0.25) is 0 Å². The molecule has 1 unspecified atom stereocenters. The number of aryl methyl sites for hydroxylation is 1. The van der Waals surface area contributed by atoms with Crippen LogP contribution >= 0.6 is 15.9 Å². The average Bonchev–Trinajstić information content (AvgIpc) is 2.37. The number of aliphatic hydroxyl groups is 1. The Morgan fingerprint density at radius 1 is 1.00 bits per heavy atom. The Morgan fingerprint density at radius 3 is 2.10 bits per heavy atom. The maximum Gasteiger partial charge on any atom is 0.104 e. The molecule has 1 nitrogen and oxygen atoms in total. The first-order chi connectivity index (χ1) is 9.29. The first kappa shape index (κ1) is 15.3. The molecule has 20 heavy (non-hydrogen) atoms. The van der Waals surface area contributed by atoms with Gasteiger partial charge in [-0.1, -0.05) is 67.0 Å². The average molecular weight is 333 g/mol. The second-order valence-electron chi connectivity index (χ2n) is 6.28.